The van der Waals surface area contributed by atoms with Gasteiger partial charge in [-0.2, -0.15) is 0 Å². The first-order valence-electron chi connectivity index (χ1n) is 0. The molecule has 0 saturated heterocycles. The third kappa shape index (κ3) is 8.97. The second-order valence-electron chi connectivity index (χ2n) is 0. The van der Waals surface area contributed by atoms with Crippen molar-refractivity contribution in [3.05, 3.63) is 0 Å². The second kappa shape index (κ2) is 19.8. The minimum Gasteiger partial charge on any atom is 0 e. The van der Waals surface area contributed by atoms with E-state index in [-0.39, 0.29) is 67.4 Å². The Balaban J connectivity index is 0. The van der Waals surface area contributed by atoms with E-state index in [0.29, 0.717) is 0 Å². The third-order valence-corrected chi connectivity index (χ3v) is 0. The molecule has 0 saturated carbocycles. The van der Waals surface area contributed by atoms with Crippen LogP contribution in [0.4, 0.5) is 0 Å². The SMILES string of the molecule is [Co].[Cu].[Mn].[Ni]. The van der Waals surface area contributed by atoms with Gasteiger partial charge in [0.2, 0.25) is 0 Å². The summed E-state index contributed by atoms with van der Waals surface area (Å²) in [6, 6.07) is 0. The van der Waals surface area contributed by atoms with Crippen LogP contribution in [-0.4, -0.2) is 0 Å². The molecular formula is CoCuMnNi. The third-order valence-electron chi connectivity index (χ3n) is 0. The van der Waals surface area contributed by atoms with E-state index in [2.05, 4.69) is 0 Å². The maximum atomic E-state index is 0. The molecule has 0 spiro atoms. The summed E-state index contributed by atoms with van der Waals surface area (Å²) < 4.78 is 0. The summed E-state index contributed by atoms with van der Waals surface area (Å²) in [7, 11) is 0. The van der Waals surface area contributed by atoms with Crippen LogP contribution in [0.15, 0.2) is 0 Å². The van der Waals surface area contributed by atoms with Crippen LogP contribution in [0.2, 0.25) is 0 Å². The predicted octanol–water partition coefficient (Wildman–Crippen LogP) is -0.0100. The van der Waals surface area contributed by atoms with Gasteiger partial charge in [-0.3, -0.25) is 0 Å². The van der Waals surface area contributed by atoms with Crippen molar-refractivity contribution in [1.29, 1.82) is 0 Å². The van der Waals surface area contributed by atoms with Crippen LogP contribution in [-0.2, 0) is 67.4 Å². The predicted molar refractivity (Wildman–Crippen MR) is 0 cm³/mol. The molecule has 0 aliphatic heterocycles. The van der Waals surface area contributed by atoms with Crippen LogP contribution in [0.1, 0.15) is 0 Å². The summed E-state index contributed by atoms with van der Waals surface area (Å²) in [6.45, 7) is 0. The summed E-state index contributed by atoms with van der Waals surface area (Å²) in [5, 5.41) is 0. The van der Waals surface area contributed by atoms with Crippen molar-refractivity contribution in [3.8, 4) is 0 Å². The Kier molecular flexibility index (Phi) is 182. The van der Waals surface area contributed by atoms with Gasteiger partial charge in [0.15, 0.2) is 0 Å². The van der Waals surface area contributed by atoms with Gasteiger partial charge < -0.3 is 0 Å². The van der Waals surface area contributed by atoms with E-state index >= 15 is 0 Å². The molecule has 0 N–H and O–H groups in total. The van der Waals surface area contributed by atoms with Crippen LogP contribution >= 0.6 is 0 Å². The van der Waals surface area contributed by atoms with E-state index in [0.717, 1.165) is 0 Å². The van der Waals surface area contributed by atoms with E-state index in [9.17, 15) is 0 Å². The molecule has 0 nitrogen and oxygen atoms in total. The fourth-order valence-corrected chi connectivity index (χ4v) is 0. The van der Waals surface area contributed by atoms with Crippen molar-refractivity contribution in [2.24, 2.45) is 0 Å². The fourth-order valence-electron chi connectivity index (χ4n) is 0. The van der Waals surface area contributed by atoms with E-state index in [1.54, 1.807) is 0 Å². The molecule has 0 aromatic heterocycles. The smallest absolute Gasteiger partial charge is 0 e. The first-order valence-corrected chi connectivity index (χ1v) is 0. The summed E-state index contributed by atoms with van der Waals surface area (Å²) in [5.41, 5.74) is 0. The first kappa shape index (κ1) is 36.9. The molecule has 3 radical (unpaired) electrons. The Morgan fingerprint density at radius 3 is 1.00 bits per heavy atom. The first-order chi connectivity index (χ1) is 0. The molecule has 0 rings (SSSR count). The molecule has 0 unspecified atom stereocenters. The Morgan fingerprint density at radius 1 is 1.00 bits per heavy atom. The molecule has 0 atom stereocenters. The van der Waals surface area contributed by atoms with E-state index in [1.807, 2.05) is 0 Å². The van der Waals surface area contributed by atoms with Crippen molar-refractivity contribution in [3.63, 3.8) is 0 Å². The average Bonchev–Trinajstić information content (AvgIpc) is 0. The average molecular weight is 236 g/mol. The second-order valence-corrected chi connectivity index (χ2v) is 0. The van der Waals surface area contributed by atoms with Crippen LogP contribution in [0.5, 0.6) is 0 Å². The molecule has 37 valence electrons. The van der Waals surface area contributed by atoms with Gasteiger partial charge in [0.05, 0.1) is 0 Å². The maximum absolute atomic E-state index is 0. The monoisotopic (exact) mass is 235 g/mol. The van der Waals surface area contributed by atoms with Gasteiger partial charge in [-0.15, -0.1) is 0 Å². The van der Waals surface area contributed by atoms with Crippen LogP contribution in [0.25, 0.3) is 0 Å². The van der Waals surface area contributed by atoms with Gasteiger partial charge in [0.1, 0.15) is 0 Å². The minimum absolute atomic E-state index is 0. The molecule has 0 fully saturated rings. The molecule has 0 aliphatic rings. The van der Waals surface area contributed by atoms with Crippen LogP contribution in [0, 0.1) is 0 Å². The normalized spacial score (nSPS) is 0. The number of hydrogen-bond donors (Lipinski definition) is 0. The van der Waals surface area contributed by atoms with Gasteiger partial charge >= 0.3 is 0 Å². The zero-order valence-electron chi connectivity index (χ0n) is 1.33. The van der Waals surface area contributed by atoms with Crippen molar-refractivity contribution < 1.29 is 67.4 Å². The molecule has 0 amide bonds. The van der Waals surface area contributed by atoms with Crippen LogP contribution in [0.3, 0.4) is 0 Å². The van der Waals surface area contributed by atoms with Gasteiger partial charge in [-0.05, 0) is 0 Å². The Bertz CT molecular complexity index is 8.00. The topological polar surface area (TPSA) is 0 Å². The van der Waals surface area contributed by atoms with Crippen molar-refractivity contribution in [2.75, 3.05) is 0 Å². The van der Waals surface area contributed by atoms with Crippen molar-refractivity contribution in [2.45, 2.75) is 0 Å². The minimum atomic E-state index is 0. The van der Waals surface area contributed by atoms with Crippen molar-refractivity contribution >= 4 is 0 Å². The Hall–Kier alpha value is 2.04. The Morgan fingerprint density at radius 2 is 1.00 bits per heavy atom. The summed E-state index contributed by atoms with van der Waals surface area (Å²) in [4.78, 5) is 0. The van der Waals surface area contributed by atoms with E-state index in [4.69, 9.17) is 0 Å². The molecule has 0 aromatic rings. The van der Waals surface area contributed by atoms with Gasteiger partial charge in [0, 0.05) is 67.4 Å². The molecular weight excluding hydrogens is 236 g/mol. The molecule has 0 aromatic carbocycles. The van der Waals surface area contributed by atoms with Gasteiger partial charge in [-0.25, -0.2) is 0 Å². The number of hydrogen-bond acceptors (Lipinski definition) is 0. The fraction of sp³-hybridized carbons (Fsp3) is 0. The quantitative estimate of drug-likeness (QED) is 0.519. The van der Waals surface area contributed by atoms with Gasteiger partial charge in [-0.1, -0.05) is 0 Å². The standard InChI is InChI=1S/Co.Cu.Mn.Ni. The number of rotatable bonds is 0. The molecule has 0 heterocycles. The Labute approximate surface area is 66.9 Å². The molecule has 4 heteroatoms. The van der Waals surface area contributed by atoms with Crippen LogP contribution < -0.4 is 0 Å². The van der Waals surface area contributed by atoms with E-state index in [1.165, 1.54) is 0 Å². The summed E-state index contributed by atoms with van der Waals surface area (Å²) in [6.07, 6.45) is 0. The van der Waals surface area contributed by atoms with Gasteiger partial charge in [0.25, 0.3) is 0 Å². The summed E-state index contributed by atoms with van der Waals surface area (Å²) in [5.74, 6) is 0. The van der Waals surface area contributed by atoms with E-state index < -0.39 is 0 Å². The maximum Gasteiger partial charge on any atom is 0 e. The molecule has 0 aliphatic carbocycles. The van der Waals surface area contributed by atoms with Crippen molar-refractivity contribution in [1.82, 2.24) is 0 Å². The largest absolute Gasteiger partial charge is 0 e. The zero-order chi connectivity index (χ0) is 0. The molecule has 0 bridgehead atoms. The summed E-state index contributed by atoms with van der Waals surface area (Å²) >= 11 is 0. The zero-order valence-corrected chi connectivity index (χ0v) is 5.48. The molecule has 4 heavy (non-hydrogen) atoms.